The maximum Gasteiger partial charge on any atom is 0.129 e. The summed E-state index contributed by atoms with van der Waals surface area (Å²) in [5.74, 6) is 0. The minimum absolute atomic E-state index is 0.0954. The third kappa shape index (κ3) is 10.6. The van der Waals surface area contributed by atoms with Crippen LogP contribution in [0.2, 0.25) is 0 Å². The van der Waals surface area contributed by atoms with Gasteiger partial charge in [-0.05, 0) is 36.6 Å². The molecule has 0 bridgehead atoms. The predicted octanol–water partition coefficient (Wildman–Crippen LogP) is 6.75. The van der Waals surface area contributed by atoms with Gasteiger partial charge in [-0.15, -0.1) is 0 Å². The summed E-state index contributed by atoms with van der Waals surface area (Å²) in [6, 6.07) is 12.4. The molecule has 0 aliphatic carbocycles. The zero-order valence-electron chi connectivity index (χ0n) is 17.6. The summed E-state index contributed by atoms with van der Waals surface area (Å²) in [6.07, 6.45) is 21.6. The van der Waals surface area contributed by atoms with Crippen molar-refractivity contribution in [2.45, 2.75) is 39.5 Å². The highest BCUT2D eigenvalue weighted by Crippen LogP contribution is 2.17. The first-order chi connectivity index (χ1) is 14.2. The largest absolute Gasteiger partial charge is 0.372 e. The minimum Gasteiger partial charge on any atom is -0.372 e. The van der Waals surface area contributed by atoms with E-state index in [1.54, 1.807) is 12.2 Å². The van der Waals surface area contributed by atoms with Gasteiger partial charge in [0.15, 0.2) is 0 Å². The summed E-state index contributed by atoms with van der Waals surface area (Å²) in [5.41, 5.74) is 2.58. The van der Waals surface area contributed by atoms with Crippen LogP contribution in [0.5, 0.6) is 0 Å². The van der Waals surface area contributed by atoms with Gasteiger partial charge in [0.05, 0.1) is 0 Å². The number of nitriles is 2. The molecule has 1 aromatic rings. The molecule has 0 unspecified atom stereocenters. The van der Waals surface area contributed by atoms with E-state index in [1.807, 2.05) is 42.5 Å². The van der Waals surface area contributed by atoms with E-state index in [2.05, 4.69) is 49.1 Å². The fourth-order valence-corrected chi connectivity index (χ4v) is 2.60. The van der Waals surface area contributed by atoms with Crippen LogP contribution in [0.1, 0.15) is 45.1 Å². The maximum atomic E-state index is 8.62. The van der Waals surface area contributed by atoms with Gasteiger partial charge in [0.2, 0.25) is 0 Å². The van der Waals surface area contributed by atoms with Crippen LogP contribution < -0.4 is 4.90 Å². The highest BCUT2D eigenvalue weighted by Gasteiger charge is 2.04. The highest BCUT2D eigenvalue weighted by molar-refractivity contribution is 5.57. The van der Waals surface area contributed by atoms with Crippen molar-refractivity contribution in [1.82, 2.24) is 0 Å². The van der Waals surface area contributed by atoms with Crippen molar-refractivity contribution >= 4 is 11.8 Å². The lowest BCUT2D eigenvalue weighted by Gasteiger charge is -2.24. The van der Waals surface area contributed by atoms with Gasteiger partial charge in [-0.3, -0.25) is 0 Å². The van der Waals surface area contributed by atoms with E-state index in [4.69, 9.17) is 10.5 Å². The lowest BCUT2D eigenvalue weighted by atomic mass is 10.1. The molecule has 0 saturated heterocycles. The van der Waals surface area contributed by atoms with E-state index in [9.17, 15) is 0 Å². The summed E-state index contributed by atoms with van der Waals surface area (Å²) in [4.78, 5) is 2.49. The van der Waals surface area contributed by atoms with Gasteiger partial charge in [0.25, 0.3) is 0 Å². The van der Waals surface area contributed by atoms with Crippen molar-refractivity contribution in [3.8, 4) is 12.1 Å². The third-order valence-electron chi connectivity index (χ3n) is 4.28. The van der Waals surface area contributed by atoms with Crippen LogP contribution in [-0.4, -0.2) is 13.1 Å². The number of nitrogens with zero attached hydrogens (tertiary/aromatic N) is 3. The van der Waals surface area contributed by atoms with Crippen LogP contribution in [0.4, 0.5) is 5.69 Å². The van der Waals surface area contributed by atoms with E-state index < -0.39 is 0 Å². The average molecular weight is 386 g/mol. The monoisotopic (exact) mass is 385 g/mol. The summed E-state index contributed by atoms with van der Waals surface area (Å²) in [5, 5.41) is 17.2. The van der Waals surface area contributed by atoms with Gasteiger partial charge in [0, 0.05) is 18.8 Å². The van der Waals surface area contributed by atoms with E-state index in [0.29, 0.717) is 0 Å². The van der Waals surface area contributed by atoms with Crippen LogP contribution in [-0.2, 0) is 0 Å². The van der Waals surface area contributed by atoms with Gasteiger partial charge in [-0.25, -0.2) is 0 Å². The summed E-state index contributed by atoms with van der Waals surface area (Å²) >= 11 is 0. The van der Waals surface area contributed by atoms with Crippen LogP contribution in [0, 0.1) is 22.7 Å². The van der Waals surface area contributed by atoms with Gasteiger partial charge in [0.1, 0.15) is 17.7 Å². The molecule has 150 valence electrons. The van der Waals surface area contributed by atoms with E-state index in [0.717, 1.165) is 13.1 Å². The zero-order chi connectivity index (χ0) is 21.2. The number of allylic oxidation sites excluding steroid dienone is 9. The van der Waals surface area contributed by atoms with Crippen molar-refractivity contribution in [1.29, 1.82) is 10.5 Å². The van der Waals surface area contributed by atoms with Crippen molar-refractivity contribution in [2.75, 3.05) is 18.0 Å². The van der Waals surface area contributed by atoms with Crippen LogP contribution in [0.3, 0.4) is 0 Å². The number of hydrogen-bond acceptors (Lipinski definition) is 3. The second-order valence-electron chi connectivity index (χ2n) is 6.60. The number of unbranched alkanes of at least 4 members (excludes halogenated alkanes) is 2. The molecule has 0 radical (unpaired) electrons. The Morgan fingerprint density at radius 1 is 0.793 bits per heavy atom. The molecule has 0 aliphatic heterocycles. The Balaban J connectivity index is 2.56. The lowest BCUT2D eigenvalue weighted by molar-refractivity contribution is 0.678. The quantitative estimate of drug-likeness (QED) is 0.295. The lowest BCUT2D eigenvalue weighted by Crippen LogP contribution is -2.25. The number of benzene rings is 1. The molecule has 1 rings (SSSR count). The molecule has 0 aromatic heterocycles. The molecular weight excluding hydrogens is 354 g/mol. The summed E-state index contributed by atoms with van der Waals surface area (Å²) in [6.45, 7) is 6.72. The van der Waals surface area contributed by atoms with Crippen LogP contribution in [0.25, 0.3) is 6.08 Å². The topological polar surface area (TPSA) is 50.8 Å². The second kappa shape index (κ2) is 15.7. The normalized spacial score (nSPS) is 11.3. The fraction of sp³-hybridized carbons (Fsp3) is 0.308. The number of rotatable bonds is 12. The molecule has 0 heterocycles. The maximum absolute atomic E-state index is 8.62. The second-order valence-corrected chi connectivity index (χ2v) is 6.60. The molecule has 3 nitrogen and oxygen atoms in total. The van der Waals surface area contributed by atoms with E-state index in [-0.39, 0.29) is 5.57 Å². The Labute approximate surface area is 176 Å². The molecular formula is C26H31N3. The standard InChI is InChI=1S/C26H31N3/c1-3-5-20-29(21-6-4-2)26-18-16-24(17-19-26)14-12-10-8-7-9-11-13-15-25(22-27)23-28/h7-19H,3-6,20-21H2,1-2H3/b9-7+,10-8+,13-11+,14-12+. The molecule has 3 heteroatoms. The van der Waals surface area contributed by atoms with E-state index in [1.165, 1.54) is 43.0 Å². The molecule has 0 spiro atoms. The molecule has 29 heavy (non-hydrogen) atoms. The summed E-state index contributed by atoms with van der Waals surface area (Å²) in [7, 11) is 0. The molecule has 0 saturated carbocycles. The van der Waals surface area contributed by atoms with Crippen molar-refractivity contribution in [3.63, 3.8) is 0 Å². The number of hydrogen-bond donors (Lipinski definition) is 0. The van der Waals surface area contributed by atoms with Gasteiger partial charge < -0.3 is 4.90 Å². The number of anilines is 1. The first-order valence-electron chi connectivity index (χ1n) is 10.3. The molecule has 0 aliphatic rings. The van der Waals surface area contributed by atoms with Crippen LogP contribution in [0.15, 0.2) is 78.4 Å². The summed E-state index contributed by atoms with van der Waals surface area (Å²) < 4.78 is 0. The Hall–Kier alpha value is -3.30. The van der Waals surface area contributed by atoms with Crippen molar-refractivity contribution in [3.05, 3.63) is 84.0 Å². The van der Waals surface area contributed by atoms with Crippen molar-refractivity contribution in [2.24, 2.45) is 0 Å². The SMILES string of the molecule is CCCCN(CCCC)c1ccc(/C=C/C=C/C=C/C=C/C=C(C#N)C#N)cc1. The molecule has 0 N–H and O–H groups in total. The van der Waals surface area contributed by atoms with Gasteiger partial charge in [-0.2, -0.15) is 10.5 Å². The molecule has 0 atom stereocenters. The average Bonchev–Trinajstić information content (AvgIpc) is 2.76. The van der Waals surface area contributed by atoms with E-state index >= 15 is 0 Å². The first-order valence-corrected chi connectivity index (χ1v) is 10.3. The Kier molecular flexibility index (Phi) is 12.9. The Morgan fingerprint density at radius 2 is 1.31 bits per heavy atom. The van der Waals surface area contributed by atoms with Gasteiger partial charge in [-0.1, -0.05) is 87.4 Å². The molecule has 0 amide bonds. The fourth-order valence-electron chi connectivity index (χ4n) is 2.60. The minimum atomic E-state index is 0.0954. The molecule has 0 fully saturated rings. The molecule has 1 aromatic carbocycles. The van der Waals surface area contributed by atoms with Gasteiger partial charge >= 0.3 is 0 Å². The first kappa shape index (κ1) is 23.7. The van der Waals surface area contributed by atoms with Crippen LogP contribution >= 0.6 is 0 Å². The smallest absolute Gasteiger partial charge is 0.129 e. The highest BCUT2D eigenvalue weighted by atomic mass is 15.1. The Morgan fingerprint density at radius 3 is 1.83 bits per heavy atom. The zero-order valence-corrected chi connectivity index (χ0v) is 17.6. The third-order valence-corrected chi connectivity index (χ3v) is 4.28. The van der Waals surface area contributed by atoms with Crippen molar-refractivity contribution < 1.29 is 0 Å². The Bertz CT molecular complexity index is 785. The predicted molar refractivity (Wildman–Crippen MR) is 124 cm³/mol.